The van der Waals surface area contributed by atoms with Crippen LogP contribution in [0.3, 0.4) is 0 Å². The molecular weight excluding hydrogens is 536 g/mol. The van der Waals surface area contributed by atoms with Crippen molar-refractivity contribution >= 4 is 24.3 Å². The molecule has 42 heavy (non-hydrogen) atoms. The van der Waals surface area contributed by atoms with Crippen LogP contribution in [0.5, 0.6) is 46.0 Å². The maximum atomic E-state index is 6.27. The fourth-order valence-electron chi connectivity index (χ4n) is 4.30. The Morgan fingerprint density at radius 2 is 0.714 bits per heavy atom. The van der Waals surface area contributed by atoms with Crippen molar-refractivity contribution in [1.29, 1.82) is 0 Å². The van der Waals surface area contributed by atoms with E-state index in [1.165, 1.54) is 0 Å². The van der Waals surface area contributed by atoms with E-state index in [-0.39, 0.29) is 12.2 Å². The van der Waals surface area contributed by atoms with Crippen LogP contribution in [0, 0.1) is 0 Å². The lowest BCUT2D eigenvalue weighted by Crippen LogP contribution is -2.09. The predicted molar refractivity (Wildman–Crippen MR) is 168 cm³/mol. The van der Waals surface area contributed by atoms with E-state index in [1.54, 1.807) is 42.7 Å². The van der Waals surface area contributed by atoms with E-state index in [1.807, 2.05) is 88.4 Å². The van der Waals surface area contributed by atoms with Crippen molar-refractivity contribution in [2.24, 2.45) is 0 Å². The second-order valence-electron chi connectivity index (χ2n) is 9.82. The Morgan fingerprint density at radius 3 is 0.952 bits per heavy atom. The maximum Gasteiger partial charge on any atom is 0.133 e. The summed E-state index contributed by atoms with van der Waals surface area (Å²) in [6.07, 6.45) is 7.67. The van der Waals surface area contributed by atoms with Gasteiger partial charge in [0.25, 0.3) is 0 Å². The average molecular weight is 579 g/mol. The van der Waals surface area contributed by atoms with Crippen molar-refractivity contribution in [1.82, 2.24) is 0 Å². The molecular formula is C34H42O8. The molecule has 0 spiro atoms. The summed E-state index contributed by atoms with van der Waals surface area (Å²) in [6, 6.07) is 11.2. The zero-order chi connectivity index (χ0) is 30.8. The van der Waals surface area contributed by atoms with E-state index in [4.69, 9.17) is 37.9 Å². The van der Waals surface area contributed by atoms with E-state index in [0.29, 0.717) is 46.0 Å². The van der Waals surface area contributed by atoms with Crippen molar-refractivity contribution in [3.05, 3.63) is 58.7 Å². The first-order chi connectivity index (χ1) is 20.2. The van der Waals surface area contributed by atoms with Gasteiger partial charge in [0.15, 0.2) is 0 Å². The molecule has 0 bridgehead atoms. The molecule has 0 saturated carbocycles. The van der Waals surface area contributed by atoms with Crippen molar-refractivity contribution in [2.75, 3.05) is 42.7 Å². The quantitative estimate of drug-likeness (QED) is 0.181. The fraction of sp³-hybridized carbons (Fsp3) is 0.353. The molecule has 0 saturated heterocycles. The molecule has 0 aliphatic heterocycles. The van der Waals surface area contributed by atoms with Crippen LogP contribution in [0.25, 0.3) is 24.3 Å². The summed E-state index contributed by atoms with van der Waals surface area (Å²) in [4.78, 5) is 0. The van der Waals surface area contributed by atoms with Crippen LogP contribution in [0.2, 0.25) is 0 Å². The largest absolute Gasteiger partial charge is 0.496 e. The van der Waals surface area contributed by atoms with Crippen LogP contribution in [-0.2, 0) is 0 Å². The molecule has 0 amide bonds. The van der Waals surface area contributed by atoms with E-state index >= 15 is 0 Å². The van der Waals surface area contributed by atoms with Crippen LogP contribution in [0.15, 0.2) is 36.4 Å². The first-order valence-corrected chi connectivity index (χ1v) is 13.6. The number of hydrogen-bond acceptors (Lipinski definition) is 8. The van der Waals surface area contributed by atoms with Crippen molar-refractivity contribution in [3.8, 4) is 46.0 Å². The Morgan fingerprint density at radius 1 is 0.405 bits per heavy atom. The summed E-state index contributed by atoms with van der Waals surface area (Å²) in [7, 11) is 9.66. The standard InChI is InChI=1S/C34H42O8/c1-21(2)41-29-15-24(12-14-28-33(39-9)19-26(36-6)20-34(28)40-10)30(42-22(3)4)16-23(29)11-13-27-31(37-7)17-25(35-5)18-32(27)38-8/h11-22H,1-10H3/b13-11+,14-12+. The molecule has 0 radical (unpaired) electrons. The van der Waals surface area contributed by atoms with E-state index in [2.05, 4.69) is 0 Å². The fourth-order valence-corrected chi connectivity index (χ4v) is 4.30. The highest BCUT2D eigenvalue weighted by molar-refractivity contribution is 5.83. The Labute approximate surface area is 249 Å². The lowest BCUT2D eigenvalue weighted by Gasteiger charge is -2.19. The number of ether oxygens (including phenoxy) is 8. The van der Waals surface area contributed by atoms with Gasteiger partial charge in [-0.05, 0) is 52.0 Å². The normalized spacial score (nSPS) is 11.3. The molecule has 3 rings (SSSR count). The summed E-state index contributed by atoms with van der Waals surface area (Å²) in [6.45, 7) is 7.96. The summed E-state index contributed by atoms with van der Waals surface area (Å²) in [5.74, 6) is 5.14. The van der Waals surface area contributed by atoms with Crippen LogP contribution >= 0.6 is 0 Å². The third-order valence-corrected chi connectivity index (χ3v) is 6.23. The van der Waals surface area contributed by atoms with Gasteiger partial charge in [0.2, 0.25) is 0 Å². The molecule has 3 aromatic carbocycles. The van der Waals surface area contributed by atoms with Crippen LogP contribution in [0.4, 0.5) is 0 Å². The molecule has 8 nitrogen and oxygen atoms in total. The first kappa shape index (κ1) is 32.1. The number of hydrogen-bond donors (Lipinski definition) is 0. The summed E-state index contributed by atoms with van der Waals surface area (Å²) >= 11 is 0. The molecule has 0 fully saturated rings. The van der Waals surface area contributed by atoms with Crippen LogP contribution in [0.1, 0.15) is 49.9 Å². The number of benzene rings is 3. The minimum atomic E-state index is -0.0577. The highest BCUT2D eigenvalue weighted by atomic mass is 16.5. The predicted octanol–water partition coefficient (Wildman–Crippen LogP) is 7.65. The van der Waals surface area contributed by atoms with Gasteiger partial charge in [-0.1, -0.05) is 12.2 Å². The number of methoxy groups -OCH3 is 6. The third-order valence-electron chi connectivity index (χ3n) is 6.23. The van der Waals surface area contributed by atoms with E-state index < -0.39 is 0 Å². The lowest BCUT2D eigenvalue weighted by molar-refractivity contribution is 0.234. The molecule has 0 aromatic heterocycles. The zero-order valence-electron chi connectivity index (χ0n) is 26.2. The molecule has 226 valence electrons. The van der Waals surface area contributed by atoms with Crippen molar-refractivity contribution in [3.63, 3.8) is 0 Å². The van der Waals surface area contributed by atoms with Crippen LogP contribution < -0.4 is 37.9 Å². The van der Waals surface area contributed by atoms with Gasteiger partial charge in [-0.15, -0.1) is 0 Å². The minimum Gasteiger partial charge on any atom is -0.496 e. The Bertz CT molecular complexity index is 1250. The van der Waals surface area contributed by atoms with E-state index in [0.717, 1.165) is 22.3 Å². The van der Waals surface area contributed by atoms with Gasteiger partial charge in [-0.25, -0.2) is 0 Å². The minimum absolute atomic E-state index is 0.0577. The Balaban J connectivity index is 2.17. The van der Waals surface area contributed by atoms with E-state index in [9.17, 15) is 0 Å². The highest BCUT2D eigenvalue weighted by Gasteiger charge is 2.16. The van der Waals surface area contributed by atoms with Gasteiger partial charge in [-0.2, -0.15) is 0 Å². The SMILES string of the molecule is COc1cc(OC)c(/C=C/c2cc(OC(C)C)c(/C=C/c3c(OC)cc(OC)cc3OC)cc2OC(C)C)c(OC)c1. The molecule has 0 unspecified atom stereocenters. The average Bonchev–Trinajstić information content (AvgIpc) is 2.98. The highest BCUT2D eigenvalue weighted by Crippen LogP contribution is 2.39. The molecule has 0 heterocycles. The second-order valence-corrected chi connectivity index (χ2v) is 9.82. The zero-order valence-corrected chi connectivity index (χ0v) is 26.2. The summed E-state index contributed by atoms with van der Waals surface area (Å²) < 4.78 is 45.8. The van der Waals surface area contributed by atoms with Crippen molar-refractivity contribution < 1.29 is 37.9 Å². The molecule has 8 heteroatoms. The summed E-state index contributed by atoms with van der Waals surface area (Å²) in [5.41, 5.74) is 3.20. The maximum absolute atomic E-state index is 6.27. The Hall–Kier alpha value is -4.46. The molecule has 0 N–H and O–H groups in total. The Kier molecular flexibility index (Phi) is 11.4. The first-order valence-electron chi connectivity index (χ1n) is 13.6. The van der Waals surface area contributed by atoms with Gasteiger partial charge in [0.1, 0.15) is 46.0 Å². The number of rotatable bonds is 14. The lowest BCUT2D eigenvalue weighted by atomic mass is 10.0. The van der Waals surface area contributed by atoms with Crippen molar-refractivity contribution in [2.45, 2.75) is 39.9 Å². The molecule has 0 aliphatic carbocycles. The van der Waals surface area contributed by atoms with Gasteiger partial charge >= 0.3 is 0 Å². The molecule has 0 aliphatic rings. The monoisotopic (exact) mass is 578 g/mol. The third kappa shape index (κ3) is 7.84. The smallest absolute Gasteiger partial charge is 0.133 e. The topological polar surface area (TPSA) is 73.8 Å². The second kappa shape index (κ2) is 15.0. The van der Waals surface area contributed by atoms with Gasteiger partial charge < -0.3 is 37.9 Å². The molecule has 0 atom stereocenters. The summed E-state index contributed by atoms with van der Waals surface area (Å²) in [5, 5.41) is 0. The van der Waals surface area contributed by atoms with Crippen LogP contribution in [-0.4, -0.2) is 54.9 Å². The molecule has 3 aromatic rings. The van der Waals surface area contributed by atoms with Gasteiger partial charge in [-0.3, -0.25) is 0 Å². The van der Waals surface area contributed by atoms with Gasteiger partial charge in [0.05, 0.1) is 66.0 Å². The van der Waals surface area contributed by atoms with Gasteiger partial charge in [0, 0.05) is 35.4 Å².